The average Bonchev–Trinajstić information content (AvgIpc) is 3.51. The highest BCUT2D eigenvalue weighted by Gasteiger charge is 2.42. The number of nitrogens with zero attached hydrogens (tertiary/aromatic N) is 3. The summed E-state index contributed by atoms with van der Waals surface area (Å²) >= 11 is 5.96. The normalized spacial score (nSPS) is 16.4. The van der Waals surface area contributed by atoms with E-state index in [2.05, 4.69) is 38.1 Å². The van der Waals surface area contributed by atoms with Gasteiger partial charge in [-0.3, -0.25) is 9.78 Å². The predicted molar refractivity (Wildman–Crippen MR) is 176 cm³/mol. The van der Waals surface area contributed by atoms with Crippen LogP contribution in [0.4, 0.5) is 11.4 Å². The van der Waals surface area contributed by atoms with E-state index in [1.165, 1.54) is 7.11 Å². The first-order chi connectivity index (χ1) is 20.9. The minimum Gasteiger partial charge on any atom is -0.494 e. The lowest BCUT2D eigenvalue weighted by atomic mass is 9.95. The highest BCUT2D eigenvalue weighted by atomic mass is 32.1. The molecule has 0 aliphatic carbocycles. The van der Waals surface area contributed by atoms with Crippen molar-refractivity contribution in [3.8, 4) is 11.4 Å². The Kier molecular flexibility index (Phi) is 8.47. The van der Waals surface area contributed by atoms with Crippen molar-refractivity contribution in [1.29, 1.82) is 0 Å². The molecule has 0 saturated carbocycles. The molecule has 0 radical (unpaired) electrons. The van der Waals surface area contributed by atoms with E-state index in [0.717, 1.165) is 34.0 Å². The molecule has 1 fully saturated rings. The molecule has 2 atom stereocenters. The molecule has 1 aliphatic heterocycles. The van der Waals surface area contributed by atoms with Gasteiger partial charge in [-0.25, -0.2) is 4.79 Å². The third-order valence-corrected chi connectivity index (χ3v) is 8.12. The number of amides is 1. The second kappa shape index (κ2) is 12.1. The number of carbonyl (C=O) groups is 2. The smallest absolute Gasteiger partial charge is 0.337 e. The summed E-state index contributed by atoms with van der Waals surface area (Å²) in [6, 6.07) is 20.5. The maximum absolute atomic E-state index is 12.8. The van der Waals surface area contributed by atoms with Crippen LogP contribution in [-0.4, -0.2) is 40.8 Å². The molecule has 1 amide bonds. The van der Waals surface area contributed by atoms with Crippen molar-refractivity contribution in [2.24, 2.45) is 5.41 Å². The van der Waals surface area contributed by atoms with Gasteiger partial charge in [0.05, 0.1) is 43.2 Å². The summed E-state index contributed by atoms with van der Waals surface area (Å²) in [6.45, 7) is 9.69. The van der Waals surface area contributed by atoms with Crippen molar-refractivity contribution in [1.82, 2.24) is 14.9 Å². The SMILES string of the molecule is COC(=O)c1cccc(-n2c(C)cc(C3C(c4ccccn4)NC(=S)N3c3ccc(NC(=O)C(C)(C)C)c(OC)c3)c2C)c1. The fraction of sp³-hybridized carbons (Fsp3) is 0.294. The van der Waals surface area contributed by atoms with Gasteiger partial charge in [-0.05, 0) is 80.2 Å². The fourth-order valence-electron chi connectivity index (χ4n) is 5.57. The van der Waals surface area contributed by atoms with Gasteiger partial charge in [-0.15, -0.1) is 0 Å². The van der Waals surface area contributed by atoms with E-state index in [0.29, 0.717) is 22.1 Å². The molecule has 3 heterocycles. The maximum Gasteiger partial charge on any atom is 0.337 e. The number of ether oxygens (including phenoxy) is 2. The van der Waals surface area contributed by atoms with E-state index in [9.17, 15) is 9.59 Å². The van der Waals surface area contributed by atoms with E-state index < -0.39 is 11.4 Å². The van der Waals surface area contributed by atoms with Crippen LogP contribution in [0.1, 0.15) is 65.9 Å². The van der Waals surface area contributed by atoms with E-state index in [4.69, 9.17) is 21.7 Å². The molecule has 2 aromatic heterocycles. The Hall–Kier alpha value is -4.70. The van der Waals surface area contributed by atoms with Crippen LogP contribution in [0.5, 0.6) is 5.75 Å². The molecule has 2 N–H and O–H groups in total. The summed E-state index contributed by atoms with van der Waals surface area (Å²) in [5.74, 6) is 0.0177. The number of rotatable bonds is 7. The highest BCUT2D eigenvalue weighted by molar-refractivity contribution is 7.80. The number of esters is 1. The molecule has 1 aliphatic rings. The summed E-state index contributed by atoms with van der Waals surface area (Å²) in [6.07, 6.45) is 1.77. The molecule has 10 heteroatoms. The highest BCUT2D eigenvalue weighted by Crippen LogP contribution is 2.45. The maximum atomic E-state index is 12.8. The summed E-state index contributed by atoms with van der Waals surface area (Å²) in [7, 11) is 2.96. The zero-order valence-corrected chi connectivity index (χ0v) is 26.8. The Morgan fingerprint density at radius 3 is 2.41 bits per heavy atom. The van der Waals surface area contributed by atoms with Crippen LogP contribution < -0.4 is 20.3 Å². The number of methoxy groups -OCH3 is 2. The molecular formula is C34H37N5O4S. The molecule has 9 nitrogen and oxygen atoms in total. The summed E-state index contributed by atoms with van der Waals surface area (Å²) < 4.78 is 12.8. The third kappa shape index (κ3) is 5.77. The van der Waals surface area contributed by atoms with Gasteiger partial charge < -0.3 is 29.6 Å². The van der Waals surface area contributed by atoms with Crippen LogP contribution in [0, 0.1) is 19.3 Å². The minimum absolute atomic E-state index is 0.112. The molecule has 4 aromatic rings. The van der Waals surface area contributed by atoms with Crippen LogP contribution in [0.2, 0.25) is 0 Å². The number of hydrogen-bond acceptors (Lipinski definition) is 6. The number of aryl methyl sites for hydroxylation is 1. The number of nitrogens with one attached hydrogen (secondary N) is 2. The quantitative estimate of drug-likeness (QED) is 0.182. The van der Waals surface area contributed by atoms with E-state index in [1.807, 2.05) is 82.3 Å². The second-order valence-electron chi connectivity index (χ2n) is 11.8. The first-order valence-electron chi connectivity index (χ1n) is 14.3. The van der Waals surface area contributed by atoms with Gasteiger partial charge in [-0.2, -0.15) is 0 Å². The van der Waals surface area contributed by atoms with Crippen LogP contribution in [0.15, 0.2) is 72.9 Å². The number of aromatic nitrogens is 2. The Morgan fingerprint density at radius 2 is 1.75 bits per heavy atom. The minimum atomic E-state index is -0.565. The summed E-state index contributed by atoms with van der Waals surface area (Å²) in [4.78, 5) is 31.8. The van der Waals surface area contributed by atoms with Crippen LogP contribution in [0.25, 0.3) is 5.69 Å². The molecule has 1 saturated heterocycles. The van der Waals surface area contributed by atoms with Gasteiger partial charge in [0.1, 0.15) is 5.75 Å². The molecule has 0 bridgehead atoms. The zero-order valence-electron chi connectivity index (χ0n) is 26.0. The Bertz CT molecular complexity index is 1730. The zero-order chi connectivity index (χ0) is 31.8. The van der Waals surface area contributed by atoms with E-state index in [-0.39, 0.29) is 18.0 Å². The van der Waals surface area contributed by atoms with Crippen molar-refractivity contribution >= 4 is 40.6 Å². The largest absolute Gasteiger partial charge is 0.494 e. The molecule has 44 heavy (non-hydrogen) atoms. The van der Waals surface area contributed by atoms with Crippen molar-refractivity contribution in [3.05, 3.63) is 101 Å². The molecule has 0 spiro atoms. The molecule has 228 valence electrons. The van der Waals surface area contributed by atoms with Crippen molar-refractivity contribution in [3.63, 3.8) is 0 Å². The number of hydrogen-bond donors (Lipinski definition) is 2. The van der Waals surface area contributed by atoms with Crippen molar-refractivity contribution < 1.29 is 19.1 Å². The van der Waals surface area contributed by atoms with Gasteiger partial charge in [0.15, 0.2) is 5.11 Å². The number of anilines is 2. The number of carbonyl (C=O) groups excluding carboxylic acids is 2. The van der Waals surface area contributed by atoms with Gasteiger partial charge in [0, 0.05) is 40.4 Å². The predicted octanol–water partition coefficient (Wildman–Crippen LogP) is 6.45. The van der Waals surface area contributed by atoms with Crippen LogP contribution in [-0.2, 0) is 9.53 Å². The molecule has 5 rings (SSSR count). The first-order valence-corrected chi connectivity index (χ1v) is 14.7. The van der Waals surface area contributed by atoms with Crippen molar-refractivity contribution in [2.45, 2.75) is 46.7 Å². The van der Waals surface area contributed by atoms with Gasteiger partial charge in [-0.1, -0.05) is 32.9 Å². The Morgan fingerprint density at radius 1 is 0.977 bits per heavy atom. The standard InChI is InChI=1S/C34H37N5O4S/c1-20-17-25(21(2)38(20)23-12-10-11-22(18-23)31(40)43-7)30-29(27-13-8-9-16-35-27)37-33(44)39(30)24-14-15-26(28(19-24)42-6)36-32(41)34(3,4)5/h8-19,29-30H,1-7H3,(H,36,41)(H,37,44). The van der Waals surface area contributed by atoms with Crippen LogP contribution in [0.3, 0.4) is 0 Å². The lowest BCUT2D eigenvalue weighted by Gasteiger charge is -2.29. The van der Waals surface area contributed by atoms with Crippen molar-refractivity contribution in [2.75, 3.05) is 24.4 Å². The molecule has 2 aromatic carbocycles. The molecule has 2 unspecified atom stereocenters. The van der Waals surface area contributed by atoms with E-state index in [1.54, 1.807) is 19.4 Å². The third-order valence-electron chi connectivity index (χ3n) is 7.81. The lowest BCUT2D eigenvalue weighted by molar-refractivity contribution is -0.123. The summed E-state index contributed by atoms with van der Waals surface area (Å²) in [5.41, 5.74) is 6.02. The Balaban J connectivity index is 1.63. The lowest BCUT2D eigenvalue weighted by Crippen LogP contribution is -2.30. The van der Waals surface area contributed by atoms with E-state index >= 15 is 0 Å². The van der Waals surface area contributed by atoms with Crippen LogP contribution >= 0.6 is 12.2 Å². The van der Waals surface area contributed by atoms with Gasteiger partial charge in [0.25, 0.3) is 0 Å². The van der Waals surface area contributed by atoms with Gasteiger partial charge in [0.2, 0.25) is 5.91 Å². The second-order valence-corrected chi connectivity index (χ2v) is 12.2. The Labute approximate surface area is 263 Å². The monoisotopic (exact) mass is 611 g/mol. The average molecular weight is 612 g/mol. The number of benzene rings is 2. The molecular weight excluding hydrogens is 574 g/mol. The van der Waals surface area contributed by atoms with Gasteiger partial charge >= 0.3 is 5.97 Å². The number of thiocarbonyl (C=S) groups is 1. The first kappa shape index (κ1) is 30.7. The number of pyridine rings is 1. The topological polar surface area (TPSA) is 97.7 Å². The fourth-order valence-corrected chi connectivity index (χ4v) is 5.91. The summed E-state index contributed by atoms with van der Waals surface area (Å²) in [5, 5.41) is 7.04.